The van der Waals surface area contributed by atoms with Gasteiger partial charge in [-0.25, -0.2) is 4.79 Å². The van der Waals surface area contributed by atoms with Crippen LogP contribution in [0.1, 0.15) is 31.6 Å². The van der Waals surface area contributed by atoms with Crippen LogP contribution in [0.4, 0.5) is 4.79 Å². The minimum atomic E-state index is -0.765. The van der Waals surface area contributed by atoms with Crippen molar-refractivity contribution in [2.45, 2.75) is 32.1 Å². The zero-order chi connectivity index (χ0) is 15.1. The molecule has 2 amide bonds. The van der Waals surface area contributed by atoms with Crippen LogP contribution in [0, 0.1) is 11.8 Å². The summed E-state index contributed by atoms with van der Waals surface area (Å²) in [5, 5.41) is 18.1. The average Bonchev–Trinajstić information content (AvgIpc) is 2.98. The zero-order valence-electron chi connectivity index (χ0n) is 11.7. The summed E-state index contributed by atoms with van der Waals surface area (Å²) in [5.74, 6) is -0.637. The Balaban J connectivity index is 1.66. The summed E-state index contributed by atoms with van der Waals surface area (Å²) in [7, 11) is 0. The number of rotatable bonds is 6. The Labute approximate surface area is 122 Å². The third-order valence-corrected chi connectivity index (χ3v) is 3.78. The molecule has 2 rings (SSSR count). The van der Waals surface area contributed by atoms with Gasteiger partial charge in [-0.2, -0.15) is 4.98 Å². The van der Waals surface area contributed by atoms with E-state index in [4.69, 9.17) is 9.63 Å². The van der Waals surface area contributed by atoms with Crippen LogP contribution in [0.15, 0.2) is 10.9 Å². The second-order valence-corrected chi connectivity index (χ2v) is 5.21. The second-order valence-electron chi connectivity index (χ2n) is 5.21. The van der Waals surface area contributed by atoms with Crippen LogP contribution in [0.25, 0.3) is 0 Å². The number of carboxylic acid groups (broad SMARTS) is 1. The van der Waals surface area contributed by atoms with Gasteiger partial charge in [-0.05, 0) is 18.8 Å². The Bertz CT molecular complexity index is 463. The molecule has 2 unspecified atom stereocenters. The van der Waals surface area contributed by atoms with Crippen LogP contribution in [0.2, 0.25) is 0 Å². The largest absolute Gasteiger partial charge is 0.481 e. The Morgan fingerprint density at radius 3 is 2.86 bits per heavy atom. The molecule has 1 aromatic heterocycles. The second kappa shape index (κ2) is 7.61. The Kier molecular flexibility index (Phi) is 5.53. The minimum Gasteiger partial charge on any atom is -0.481 e. The molecule has 2 atom stereocenters. The summed E-state index contributed by atoms with van der Waals surface area (Å²) in [6.07, 6.45) is 5.29. The van der Waals surface area contributed by atoms with Crippen LogP contribution in [-0.4, -0.2) is 40.3 Å². The molecular weight excluding hydrogens is 276 g/mol. The van der Waals surface area contributed by atoms with E-state index < -0.39 is 5.97 Å². The van der Waals surface area contributed by atoms with Crippen molar-refractivity contribution < 1.29 is 19.2 Å². The molecule has 0 aromatic carbocycles. The lowest BCUT2D eigenvalue weighted by Crippen LogP contribution is -2.42. The average molecular weight is 296 g/mol. The maximum absolute atomic E-state index is 11.7. The lowest BCUT2D eigenvalue weighted by Gasteiger charge is -2.28. The third-order valence-electron chi connectivity index (χ3n) is 3.78. The van der Waals surface area contributed by atoms with Gasteiger partial charge >= 0.3 is 12.0 Å². The summed E-state index contributed by atoms with van der Waals surface area (Å²) in [5.41, 5.74) is 0. The van der Waals surface area contributed by atoms with E-state index in [0.717, 1.165) is 19.3 Å². The molecule has 21 heavy (non-hydrogen) atoms. The van der Waals surface area contributed by atoms with Gasteiger partial charge in [0.15, 0.2) is 6.33 Å². The van der Waals surface area contributed by atoms with Gasteiger partial charge in [0.05, 0.1) is 5.92 Å². The molecule has 1 aromatic rings. The van der Waals surface area contributed by atoms with Gasteiger partial charge < -0.3 is 20.3 Å². The van der Waals surface area contributed by atoms with E-state index in [0.29, 0.717) is 31.8 Å². The highest BCUT2D eigenvalue weighted by Crippen LogP contribution is 2.29. The van der Waals surface area contributed by atoms with Crippen LogP contribution >= 0.6 is 0 Å². The number of hydrogen-bond acceptors (Lipinski definition) is 5. The topological polar surface area (TPSA) is 117 Å². The van der Waals surface area contributed by atoms with E-state index in [1.54, 1.807) is 0 Å². The van der Waals surface area contributed by atoms with E-state index in [1.807, 2.05) is 0 Å². The third kappa shape index (κ3) is 4.73. The van der Waals surface area contributed by atoms with Crippen LogP contribution < -0.4 is 10.6 Å². The molecule has 0 bridgehead atoms. The molecule has 1 heterocycles. The van der Waals surface area contributed by atoms with E-state index in [1.165, 1.54) is 6.33 Å². The summed E-state index contributed by atoms with van der Waals surface area (Å²) >= 11 is 0. The summed E-state index contributed by atoms with van der Waals surface area (Å²) < 4.78 is 4.81. The van der Waals surface area contributed by atoms with Crippen molar-refractivity contribution in [3.63, 3.8) is 0 Å². The Hall–Kier alpha value is -2.12. The molecule has 0 spiro atoms. The monoisotopic (exact) mass is 296 g/mol. The standard InChI is InChI=1S/C13H20N4O4/c18-12(19)10-4-2-1-3-9(10)7-15-13(20)14-6-5-11-16-8-17-21-11/h8-10H,1-7H2,(H,18,19)(H2,14,15,20). The lowest BCUT2D eigenvalue weighted by molar-refractivity contribution is -0.144. The highest BCUT2D eigenvalue weighted by atomic mass is 16.5. The molecular formula is C13H20N4O4. The van der Waals surface area contributed by atoms with Crippen molar-refractivity contribution in [2.75, 3.05) is 13.1 Å². The molecule has 1 fully saturated rings. The van der Waals surface area contributed by atoms with Crippen LogP contribution in [0.3, 0.4) is 0 Å². The molecule has 0 aliphatic heterocycles. The predicted octanol–water partition coefficient (Wildman–Crippen LogP) is 0.802. The number of aromatic nitrogens is 2. The molecule has 116 valence electrons. The zero-order valence-corrected chi connectivity index (χ0v) is 11.7. The van der Waals surface area contributed by atoms with Gasteiger partial charge in [0, 0.05) is 19.5 Å². The number of carbonyl (C=O) groups excluding carboxylic acids is 1. The number of urea groups is 1. The van der Waals surface area contributed by atoms with E-state index in [9.17, 15) is 9.59 Å². The predicted molar refractivity (Wildman–Crippen MR) is 72.5 cm³/mol. The lowest BCUT2D eigenvalue weighted by atomic mass is 9.79. The highest BCUT2D eigenvalue weighted by Gasteiger charge is 2.30. The number of amides is 2. The molecule has 8 nitrogen and oxygen atoms in total. The fraction of sp³-hybridized carbons (Fsp3) is 0.692. The normalized spacial score (nSPS) is 21.7. The number of nitrogens with one attached hydrogen (secondary N) is 2. The van der Waals surface area contributed by atoms with Crippen molar-refractivity contribution in [1.29, 1.82) is 0 Å². The molecule has 8 heteroatoms. The molecule has 1 saturated carbocycles. The molecule has 0 saturated heterocycles. The quantitative estimate of drug-likeness (QED) is 0.715. The van der Waals surface area contributed by atoms with Crippen LogP contribution in [-0.2, 0) is 11.2 Å². The molecule has 3 N–H and O–H groups in total. The first kappa shape index (κ1) is 15.3. The van der Waals surface area contributed by atoms with Gasteiger partial charge in [0.1, 0.15) is 0 Å². The van der Waals surface area contributed by atoms with Gasteiger partial charge in [0.2, 0.25) is 5.89 Å². The molecule has 1 aliphatic carbocycles. The first-order valence-electron chi connectivity index (χ1n) is 7.17. The summed E-state index contributed by atoms with van der Waals surface area (Å²) in [6.45, 7) is 0.782. The first-order valence-corrected chi connectivity index (χ1v) is 7.17. The highest BCUT2D eigenvalue weighted by molar-refractivity contribution is 5.74. The summed E-state index contributed by atoms with van der Waals surface area (Å²) in [6, 6.07) is -0.302. The fourth-order valence-corrected chi connectivity index (χ4v) is 2.65. The van der Waals surface area contributed by atoms with E-state index in [2.05, 4.69) is 20.8 Å². The Morgan fingerprint density at radius 1 is 1.33 bits per heavy atom. The number of nitrogens with zero attached hydrogens (tertiary/aromatic N) is 2. The molecule has 0 radical (unpaired) electrons. The molecule has 1 aliphatic rings. The number of aliphatic carboxylic acids is 1. The summed E-state index contributed by atoms with van der Waals surface area (Å²) in [4.78, 5) is 26.7. The van der Waals surface area contributed by atoms with Crippen molar-refractivity contribution in [3.8, 4) is 0 Å². The van der Waals surface area contributed by atoms with Gasteiger partial charge in [-0.1, -0.05) is 18.0 Å². The smallest absolute Gasteiger partial charge is 0.314 e. The van der Waals surface area contributed by atoms with Crippen molar-refractivity contribution in [2.24, 2.45) is 11.8 Å². The van der Waals surface area contributed by atoms with E-state index >= 15 is 0 Å². The SMILES string of the molecule is O=C(NCCc1ncno1)NCC1CCCCC1C(=O)O. The first-order chi connectivity index (χ1) is 10.2. The maximum Gasteiger partial charge on any atom is 0.314 e. The van der Waals surface area contributed by atoms with Gasteiger partial charge in [-0.3, -0.25) is 4.79 Å². The number of carbonyl (C=O) groups is 2. The maximum atomic E-state index is 11.7. The van der Waals surface area contributed by atoms with Crippen LogP contribution in [0.5, 0.6) is 0 Å². The van der Waals surface area contributed by atoms with Crippen molar-refractivity contribution in [3.05, 3.63) is 12.2 Å². The van der Waals surface area contributed by atoms with E-state index in [-0.39, 0.29) is 17.9 Å². The number of carboxylic acids is 1. The fourth-order valence-electron chi connectivity index (χ4n) is 2.65. The van der Waals surface area contributed by atoms with Gasteiger partial charge in [-0.15, -0.1) is 0 Å². The van der Waals surface area contributed by atoms with Gasteiger partial charge in [0.25, 0.3) is 0 Å². The Morgan fingerprint density at radius 2 is 2.14 bits per heavy atom. The number of hydrogen-bond donors (Lipinski definition) is 3. The minimum absolute atomic E-state index is 0.0120. The van der Waals surface area contributed by atoms with Crippen molar-refractivity contribution in [1.82, 2.24) is 20.8 Å². The van der Waals surface area contributed by atoms with Crippen molar-refractivity contribution >= 4 is 12.0 Å².